The van der Waals surface area contributed by atoms with Crippen LogP contribution in [0.15, 0.2) is 47.4 Å². The highest BCUT2D eigenvalue weighted by molar-refractivity contribution is 7.85. The maximum absolute atomic E-state index is 13.9. The summed E-state index contributed by atoms with van der Waals surface area (Å²) in [6, 6.07) is 9.90. The van der Waals surface area contributed by atoms with Crippen LogP contribution in [0.5, 0.6) is 0 Å². The standard InChI is InChI=1S/C21H20ClF2NO4S/c22-15-4-7-17(8-5-15)30(28)11-10-29-20(27)12-16-6-9-19(26)25(16)13-14-2-1-3-18(23)21(14)24/h1-5,7-8,16H,6,9-13H2. The largest absolute Gasteiger partial charge is 0.465 e. The number of nitrogens with zero attached hydrogens (tertiary/aromatic N) is 1. The Balaban J connectivity index is 1.51. The van der Waals surface area contributed by atoms with E-state index >= 15 is 0 Å². The van der Waals surface area contributed by atoms with Crippen LogP contribution >= 0.6 is 11.6 Å². The number of carbonyl (C=O) groups excluding carboxylic acids is 2. The van der Waals surface area contributed by atoms with Gasteiger partial charge in [0.05, 0.1) is 23.0 Å². The van der Waals surface area contributed by atoms with Gasteiger partial charge in [0.2, 0.25) is 5.91 Å². The number of halogens is 3. The van der Waals surface area contributed by atoms with E-state index in [1.165, 1.54) is 17.0 Å². The highest BCUT2D eigenvalue weighted by Crippen LogP contribution is 2.25. The van der Waals surface area contributed by atoms with Gasteiger partial charge in [-0.25, -0.2) is 8.78 Å². The summed E-state index contributed by atoms with van der Waals surface area (Å²) >= 11 is 5.80. The van der Waals surface area contributed by atoms with E-state index in [0.29, 0.717) is 16.3 Å². The number of rotatable bonds is 8. The molecule has 5 nitrogen and oxygen atoms in total. The van der Waals surface area contributed by atoms with Gasteiger partial charge in [-0.3, -0.25) is 13.8 Å². The first-order valence-electron chi connectivity index (χ1n) is 9.37. The molecule has 2 aromatic rings. The second-order valence-corrected chi connectivity index (χ2v) is 8.86. The van der Waals surface area contributed by atoms with E-state index in [1.54, 1.807) is 24.3 Å². The van der Waals surface area contributed by atoms with Crippen LogP contribution in [0.1, 0.15) is 24.8 Å². The third kappa shape index (κ3) is 5.64. The Bertz CT molecular complexity index is 955. The van der Waals surface area contributed by atoms with Crippen molar-refractivity contribution in [2.45, 2.75) is 36.7 Å². The van der Waals surface area contributed by atoms with Gasteiger partial charge in [0.25, 0.3) is 0 Å². The molecule has 0 N–H and O–H groups in total. The third-order valence-corrected chi connectivity index (χ3v) is 6.42. The zero-order chi connectivity index (χ0) is 21.7. The molecule has 9 heteroatoms. The van der Waals surface area contributed by atoms with Crippen LogP contribution in [0, 0.1) is 11.6 Å². The van der Waals surface area contributed by atoms with E-state index in [0.717, 1.165) is 6.07 Å². The number of benzene rings is 2. The SMILES string of the molecule is O=C(CC1CCC(=O)N1Cc1cccc(F)c1F)OCCS(=O)c1ccc(Cl)cc1. The fourth-order valence-electron chi connectivity index (χ4n) is 3.26. The van der Waals surface area contributed by atoms with Crippen LogP contribution in [0.4, 0.5) is 8.78 Å². The molecule has 1 heterocycles. The van der Waals surface area contributed by atoms with Crippen molar-refractivity contribution in [1.29, 1.82) is 0 Å². The summed E-state index contributed by atoms with van der Waals surface area (Å²) in [4.78, 5) is 26.3. The molecule has 30 heavy (non-hydrogen) atoms. The normalized spacial score (nSPS) is 17.2. The lowest BCUT2D eigenvalue weighted by molar-refractivity contribution is -0.144. The summed E-state index contributed by atoms with van der Waals surface area (Å²) in [5.41, 5.74) is 0.0574. The van der Waals surface area contributed by atoms with Crippen LogP contribution < -0.4 is 0 Å². The number of likely N-dealkylation sites (tertiary alicyclic amines) is 1. The fourth-order valence-corrected chi connectivity index (χ4v) is 4.30. The Morgan fingerprint density at radius 1 is 1.20 bits per heavy atom. The van der Waals surface area contributed by atoms with E-state index in [2.05, 4.69) is 0 Å². The Labute approximate surface area is 180 Å². The van der Waals surface area contributed by atoms with Crippen LogP contribution in [-0.4, -0.2) is 39.4 Å². The summed E-state index contributed by atoms with van der Waals surface area (Å²) < 4.78 is 44.7. The molecule has 1 aliphatic heterocycles. The lowest BCUT2D eigenvalue weighted by Gasteiger charge is -2.24. The van der Waals surface area contributed by atoms with Crippen molar-refractivity contribution in [1.82, 2.24) is 4.90 Å². The smallest absolute Gasteiger partial charge is 0.307 e. The van der Waals surface area contributed by atoms with E-state index in [4.69, 9.17) is 16.3 Å². The van der Waals surface area contributed by atoms with E-state index in [-0.39, 0.29) is 43.2 Å². The van der Waals surface area contributed by atoms with Crippen LogP contribution in [0.25, 0.3) is 0 Å². The average molecular weight is 456 g/mol. The summed E-state index contributed by atoms with van der Waals surface area (Å²) in [6.07, 6.45) is 0.604. The van der Waals surface area contributed by atoms with Gasteiger partial charge in [0.1, 0.15) is 6.61 Å². The topological polar surface area (TPSA) is 63.7 Å². The van der Waals surface area contributed by atoms with Crippen molar-refractivity contribution in [2.24, 2.45) is 0 Å². The monoisotopic (exact) mass is 455 g/mol. The first-order chi connectivity index (χ1) is 14.3. The molecule has 2 unspecified atom stereocenters. The maximum atomic E-state index is 13.9. The second-order valence-electron chi connectivity index (χ2n) is 6.86. The molecule has 1 saturated heterocycles. The predicted octanol–water partition coefficient (Wildman–Crippen LogP) is 3.85. The molecule has 0 aliphatic carbocycles. The summed E-state index contributed by atoms with van der Waals surface area (Å²) in [5.74, 6) is -2.60. The molecule has 0 spiro atoms. The maximum Gasteiger partial charge on any atom is 0.307 e. The Morgan fingerprint density at radius 2 is 1.93 bits per heavy atom. The predicted molar refractivity (Wildman–Crippen MR) is 108 cm³/mol. The van der Waals surface area contributed by atoms with Crippen LogP contribution in [-0.2, 0) is 31.7 Å². The van der Waals surface area contributed by atoms with E-state index < -0.39 is 34.4 Å². The van der Waals surface area contributed by atoms with Gasteiger partial charge in [-0.05, 0) is 36.8 Å². The molecule has 3 rings (SSSR count). The molecule has 0 aromatic heterocycles. The number of carbonyl (C=O) groups is 2. The molecule has 2 atom stereocenters. The van der Waals surface area contributed by atoms with Crippen molar-refractivity contribution in [2.75, 3.05) is 12.4 Å². The van der Waals surface area contributed by atoms with Gasteiger partial charge in [-0.15, -0.1) is 0 Å². The fraction of sp³-hybridized carbons (Fsp3) is 0.333. The minimum atomic E-state index is -1.33. The average Bonchev–Trinajstić information content (AvgIpc) is 3.05. The zero-order valence-corrected chi connectivity index (χ0v) is 17.6. The van der Waals surface area contributed by atoms with Crippen molar-refractivity contribution >= 4 is 34.3 Å². The lowest BCUT2D eigenvalue weighted by Crippen LogP contribution is -2.35. The molecular formula is C21H20ClF2NO4S. The number of ether oxygens (including phenoxy) is 1. The second kappa shape index (κ2) is 10.1. The first kappa shape index (κ1) is 22.4. The molecule has 160 valence electrons. The molecule has 1 amide bonds. The lowest BCUT2D eigenvalue weighted by atomic mass is 10.1. The van der Waals surface area contributed by atoms with E-state index in [9.17, 15) is 22.6 Å². The molecule has 0 radical (unpaired) electrons. The van der Waals surface area contributed by atoms with E-state index in [1.807, 2.05) is 0 Å². The first-order valence-corrected chi connectivity index (χ1v) is 11.1. The zero-order valence-electron chi connectivity index (χ0n) is 16.0. The third-order valence-electron chi connectivity index (χ3n) is 4.84. The Morgan fingerprint density at radius 3 is 2.67 bits per heavy atom. The van der Waals surface area contributed by atoms with Gasteiger partial charge >= 0.3 is 5.97 Å². The number of hydrogen-bond acceptors (Lipinski definition) is 4. The molecule has 0 saturated carbocycles. The van der Waals surface area contributed by atoms with Gasteiger partial charge in [-0.2, -0.15) is 0 Å². The minimum absolute atomic E-state index is 0.0345. The van der Waals surface area contributed by atoms with Crippen molar-refractivity contribution in [3.05, 3.63) is 64.7 Å². The molecule has 0 bridgehead atoms. The number of esters is 1. The van der Waals surface area contributed by atoms with Crippen LogP contribution in [0.2, 0.25) is 5.02 Å². The molecule has 1 fully saturated rings. The molecule has 1 aliphatic rings. The highest BCUT2D eigenvalue weighted by atomic mass is 35.5. The molecular weight excluding hydrogens is 436 g/mol. The van der Waals surface area contributed by atoms with Crippen molar-refractivity contribution in [3.63, 3.8) is 0 Å². The minimum Gasteiger partial charge on any atom is -0.465 e. The summed E-state index contributed by atoms with van der Waals surface area (Å²) in [7, 11) is -1.33. The Kier molecular flexibility index (Phi) is 7.55. The molecule has 2 aromatic carbocycles. The number of amides is 1. The van der Waals surface area contributed by atoms with Crippen molar-refractivity contribution in [3.8, 4) is 0 Å². The van der Waals surface area contributed by atoms with Crippen molar-refractivity contribution < 1.29 is 27.3 Å². The number of hydrogen-bond donors (Lipinski definition) is 0. The highest BCUT2D eigenvalue weighted by Gasteiger charge is 2.33. The quantitative estimate of drug-likeness (QED) is 0.567. The van der Waals surface area contributed by atoms with Gasteiger partial charge < -0.3 is 9.64 Å². The Hall–Kier alpha value is -2.32. The van der Waals surface area contributed by atoms with Gasteiger partial charge in [0.15, 0.2) is 11.6 Å². The van der Waals surface area contributed by atoms with Gasteiger partial charge in [0, 0.05) is 34.5 Å². The summed E-state index contributed by atoms with van der Waals surface area (Å²) in [6.45, 7) is -0.145. The summed E-state index contributed by atoms with van der Waals surface area (Å²) in [5, 5.41) is 0.538. The van der Waals surface area contributed by atoms with Crippen LogP contribution in [0.3, 0.4) is 0 Å². The van der Waals surface area contributed by atoms with Gasteiger partial charge in [-0.1, -0.05) is 23.7 Å².